The van der Waals surface area contributed by atoms with Gasteiger partial charge >= 0.3 is 0 Å². The molecule has 0 amide bonds. The van der Waals surface area contributed by atoms with Crippen molar-refractivity contribution in [3.63, 3.8) is 0 Å². The van der Waals surface area contributed by atoms with Crippen LogP contribution < -0.4 is 14.4 Å². The van der Waals surface area contributed by atoms with Gasteiger partial charge in [0.05, 0.1) is 19.9 Å². The van der Waals surface area contributed by atoms with Crippen LogP contribution in [0, 0.1) is 5.92 Å². The Bertz CT molecular complexity index is 1380. The first kappa shape index (κ1) is 26.1. The molecule has 4 aromatic rings. The first-order valence-electron chi connectivity index (χ1n) is 13.7. The van der Waals surface area contributed by atoms with Crippen molar-refractivity contribution in [3.05, 3.63) is 60.3 Å². The number of H-pyrrole nitrogens is 1. The van der Waals surface area contributed by atoms with Crippen molar-refractivity contribution in [2.45, 2.75) is 33.6 Å². The summed E-state index contributed by atoms with van der Waals surface area (Å²) in [6, 6.07) is 17.1. The van der Waals surface area contributed by atoms with Gasteiger partial charge in [0.15, 0.2) is 11.5 Å². The third-order valence-corrected chi connectivity index (χ3v) is 7.49. The minimum atomic E-state index is 0.344. The zero-order valence-electron chi connectivity index (χ0n) is 23.5. The second kappa shape index (κ2) is 11.1. The number of hydrogen-bond acceptors (Lipinski definition) is 5. The summed E-state index contributed by atoms with van der Waals surface area (Å²) in [5, 5.41) is 1.24. The Morgan fingerprint density at radius 1 is 0.816 bits per heavy atom. The van der Waals surface area contributed by atoms with Crippen molar-refractivity contribution in [1.29, 1.82) is 0 Å². The number of methoxy groups -OCH3 is 2. The molecule has 5 rings (SSSR count). The van der Waals surface area contributed by atoms with Gasteiger partial charge in [0, 0.05) is 61.0 Å². The summed E-state index contributed by atoms with van der Waals surface area (Å²) in [7, 11) is 3.34. The SMILES string of the molecule is COc1ccc(-c2[nH]c3ccc(-c4ccc(N5CCN(CC(C)C)CC5)nc4)cc3c2C(C)C)cc1OC. The van der Waals surface area contributed by atoms with Crippen molar-refractivity contribution >= 4 is 16.7 Å². The molecule has 1 aliphatic heterocycles. The van der Waals surface area contributed by atoms with E-state index in [2.05, 4.69) is 78.9 Å². The van der Waals surface area contributed by atoms with Gasteiger partial charge in [-0.25, -0.2) is 4.98 Å². The van der Waals surface area contributed by atoms with Crippen molar-refractivity contribution in [2.24, 2.45) is 5.92 Å². The normalized spacial score (nSPS) is 14.6. The van der Waals surface area contributed by atoms with Crippen LogP contribution in [0.1, 0.15) is 39.2 Å². The van der Waals surface area contributed by atoms with E-state index >= 15 is 0 Å². The number of aromatic nitrogens is 2. The fourth-order valence-electron chi connectivity index (χ4n) is 5.63. The second-order valence-electron chi connectivity index (χ2n) is 11.0. The molecule has 0 atom stereocenters. The van der Waals surface area contributed by atoms with Gasteiger partial charge in [-0.05, 0) is 65.4 Å². The van der Waals surface area contributed by atoms with Crippen molar-refractivity contribution in [3.8, 4) is 33.9 Å². The van der Waals surface area contributed by atoms with Crippen LogP contribution in [0.25, 0.3) is 33.3 Å². The first-order valence-corrected chi connectivity index (χ1v) is 13.7. The summed E-state index contributed by atoms with van der Waals surface area (Å²) < 4.78 is 11.0. The zero-order chi connectivity index (χ0) is 26.8. The highest BCUT2D eigenvalue weighted by Gasteiger charge is 2.20. The molecule has 1 N–H and O–H groups in total. The molecule has 2 aromatic heterocycles. The van der Waals surface area contributed by atoms with Gasteiger partial charge in [0.1, 0.15) is 5.82 Å². The lowest BCUT2D eigenvalue weighted by atomic mass is 9.94. The predicted molar refractivity (Wildman–Crippen MR) is 158 cm³/mol. The quantitative estimate of drug-likeness (QED) is 0.281. The van der Waals surface area contributed by atoms with Gasteiger partial charge in [-0.15, -0.1) is 0 Å². The second-order valence-corrected chi connectivity index (χ2v) is 11.0. The molecular formula is C32H40N4O2. The number of nitrogens with zero attached hydrogens (tertiary/aromatic N) is 3. The van der Waals surface area contributed by atoms with E-state index in [1.54, 1.807) is 14.2 Å². The summed E-state index contributed by atoms with van der Waals surface area (Å²) in [6.07, 6.45) is 2.02. The smallest absolute Gasteiger partial charge is 0.161 e. The van der Waals surface area contributed by atoms with Crippen molar-refractivity contribution < 1.29 is 9.47 Å². The Kier molecular flexibility index (Phi) is 7.61. The number of nitrogens with one attached hydrogen (secondary N) is 1. The van der Waals surface area contributed by atoms with Crippen LogP contribution in [0.5, 0.6) is 11.5 Å². The summed E-state index contributed by atoms with van der Waals surface area (Å²) in [5.74, 6) is 3.58. The lowest BCUT2D eigenvalue weighted by molar-refractivity contribution is 0.231. The Balaban J connectivity index is 1.42. The number of piperazine rings is 1. The maximum atomic E-state index is 5.57. The number of benzene rings is 2. The summed E-state index contributed by atoms with van der Waals surface area (Å²) in [6.45, 7) is 14.5. The van der Waals surface area contributed by atoms with Crippen LogP contribution in [-0.2, 0) is 0 Å². The lowest BCUT2D eigenvalue weighted by Crippen LogP contribution is -2.47. The van der Waals surface area contributed by atoms with Crippen molar-refractivity contribution in [1.82, 2.24) is 14.9 Å². The standard InChI is InChI=1S/C32H40N4O2/c1-21(2)20-35-13-15-36(16-14-35)30-12-9-25(19-33-30)23-7-10-27-26(17-23)31(22(3)4)32(34-27)24-8-11-28(37-5)29(18-24)38-6/h7-12,17-19,21-22,34H,13-16,20H2,1-6H3. The molecule has 6 heteroatoms. The fraction of sp³-hybridized carbons (Fsp3) is 0.406. The molecule has 1 saturated heterocycles. The Morgan fingerprint density at radius 2 is 1.53 bits per heavy atom. The number of pyridine rings is 1. The molecule has 0 bridgehead atoms. The van der Waals surface area contributed by atoms with E-state index in [0.29, 0.717) is 11.8 Å². The summed E-state index contributed by atoms with van der Waals surface area (Å²) in [4.78, 5) is 13.5. The largest absolute Gasteiger partial charge is 0.493 e. The van der Waals surface area contributed by atoms with Gasteiger partial charge in [0.25, 0.3) is 0 Å². The number of hydrogen-bond donors (Lipinski definition) is 1. The Labute approximate surface area is 226 Å². The van der Waals surface area contributed by atoms with Crippen LogP contribution in [-0.4, -0.2) is 61.8 Å². The van der Waals surface area contributed by atoms with E-state index in [1.807, 2.05) is 18.3 Å². The van der Waals surface area contributed by atoms with Crippen LogP contribution in [0.4, 0.5) is 5.82 Å². The molecule has 0 unspecified atom stereocenters. The predicted octanol–water partition coefficient (Wildman–Crippen LogP) is 6.82. The molecule has 2 aromatic carbocycles. The maximum absolute atomic E-state index is 5.57. The molecule has 0 spiro atoms. The van der Waals surface area contributed by atoms with E-state index in [0.717, 1.165) is 65.8 Å². The molecule has 38 heavy (non-hydrogen) atoms. The molecular weight excluding hydrogens is 472 g/mol. The molecule has 1 fully saturated rings. The third-order valence-electron chi connectivity index (χ3n) is 7.49. The molecule has 200 valence electrons. The van der Waals surface area contributed by atoms with Crippen LogP contribution in [0.2, 0.25) is 0 Å². The molecule has 0 radical (unpaired) electrons. The average Bonchev–Trinajstić information content (AvgIpc) is 3.32. The lowest BCUT2D eigenvalue weighted by Gasteiger charge is -2.36. The molecule has 0 saturated carbocycles. The average molecular weight is 513 g/mol. The number of ether oxygens (including phenoxy) is 2. The Hall–Kier alpha value is -3.51. The van der Waals surface area contributed by atoms with Gasteiger partial charge in [-0.2, -0.15) is 0 Å². The number of fused-ring (bicyclic) bond motifs is 1. The Morgan fingerprint density at radius 3 is 2.16 bits per heavy atom. The summed E-state index contributed by atoms with van der Waals surface area (Å²) >= 11 is 0. The fourth-order valence-corrected chi connectivity index (χ4v) is 5.63. The van der Waals surface area contributed by atoms with Gasteiger partial charge < -0.3 is 19.4 Å². The van der Waals surface area contributed by atoms with Crippen LogP contribution in [0.15, 0.2) is 54.7 Å². The van der Waals surface area contributed by atoms with Gasteiger partial charge in [-0.3, -0.25) is 4.90 Å². The molecule has 1 aliphatic rings. The molecule has 6 nitrogen and oxygen atoms in total. The molecule has 3 heterocycles. The highest BCUT2D eigenvalue weighted by atomic mass is 16.5. The number of anilines is 1. The van der Waals surface area contributed by atoms with E-state index in [1.165, 1.54) is 23.1 Å². The van der Waals surface area contributed by atoms with Gasteiger partial charge in [-0.1, -0.05) is 33.8 Å². The monoisotopic (exact) mass is 512 g/mol. The maximum Gasteiger partial charge on any atom is 0.161 e. The number of aromatic amines is 1. The van der Waals surface area contributed by atoms with Crippen LogP contribution in [0.3, 0.4) is 0 Å². The zero-order valence-corrected chi connectivity index (χ0v) is 23.5. The number of rotatable bonds is 8. The first-order chi connectivity index (χ1) is 18.4. The van der Waals surface area contributed by atoms with Crippen LogP contribution >= 0.6 is 0 Å². The third kappa shape index (κ3) is 5.23. The summed E-state index contributed by atoms with van der Waals surface area (Å²) in [5.41, 5.74) is 6.96. The minimum Gasteiger partial charge on any atom is -0.493 e. The van der Waals surface area contributed by atoms with E-state index in [4.69, 9.17) is 14.5 Å². The highest BCUT2D eigenvalue weighted by molar-refractivity contribution is 5.94. The van der Waals surface area contributed by atoms with Crippen molar-refractivity contribution in [2.75, 3.05) is 51.8 Å². The van der Waals surface area contributed by atoms with E-state index < -0.39 is 0 Å². The molecule has 0 aliphatic carbocycles. The minimum absolute atomic E-state index is 0.344. The topological polar surface area (TPSA) is 53.6 Å². The van der Waals surface area contributed by atoms with Gasteiger partial charge in [0.2, 0.25) is 0 Å². The van der Waals surface area contributed by atoms with E-state index in [9.17, 15) is 0 Å². The highest BCUT2D eigenvalue weighted by Crippen LogP contribution is 2.40. The van der Waals surface area contributed by atoms with E-state index in [-0.39, 0.29) is 0 Å².